The summed E-state index contributed by atoms with van der Waals surface area (Å²) in [6.45, 7) is 5.46. The second-order valence-electron chi connectivity index (χ2n) is 5.07. The summed E-state index contributed by atoms with van der Waals surface area (Å²) in [5.41, 5.74) is 3.17. The Hall–Kier alpha value is -2.30. The van der Waals surface area contributed by atoms with Gasteiger partial charge in [0.2, 0.25) is 5.91 Å². The lowest BCUT2D eigenvalue weighted by Crippen LogP contribution is -2.42. The lowest BCUT2D eigenvalue weighted by Gasteiger charge is -2.16. The van der Waals surface area contributed by atoms with Crippen LogP contribution in [0.25, 0.3) is 10.9 Å². The van der Waals surface area contributed by atoms with E-state index in [1.165, 1.54) is 12.5 Å². The van der Waals surface area contributed by atoms with E-state index in [1.54, 1.807) is 6.92 Å². The number of H-pyrrole nitrogens is 1. The van der Waals surface area contributed by atoms with Gasteiger partial charge in [-0.25, -0.2) is 4.79 Å². The number of rotatable bonds is 5. The SMILES string of the molecule is CCOC(=O)[C@@H](Cc1c[nH]c2cc(C)ccc12)NC(C)=O. The first kappa shape index (κ1) is 15.1. The normalized spacial score (nSPS) is 12.1. The van der Waals surface area contributed by atoms with Crippen LogP contribution in [0.1, 0.15) is 25.0 Å². The number of carbonyl (C=O) groups is 2. The number of esters is 1. The Morgan fingerprint density at radius 3 is 2.81 bits per heavy atom. The highest BCUT2D eigenvalue weighted by Gasteiger charge is 2.22. The molecule has 1 aromatic carbocycles. The van der Waals surface area contributed by atoms with Gasteiger partial charge < -0.3 is 15.0 Å². The van der Waals surface area contributed by atoms with E-state index in [2.05, 4.69) is 16.4 Å². The van der Waals surface area contributed by atoms with Gasteiger partial charge in [0.05, 0.1) is 6.61 Å². The van der Waals surface area contributed by atoms with E-state index >= 15 is 0 Å². The molecule has 1 atom stereocenters. The lowest BCUT2D eigenvalue weighted by molar-refractivity contribution is -0.147. The molecule has 21 heavy (non-hydrogen) atoms. The van der Waals surface area contributed by atoms with Crippen LogP contribution in [0.4, 0.5) is 0 Å². The van der Waals surface area contributed by atoms with Gasteiger partial charge in [0, 0.05) is 30.4 Å². The molecule has 2 aromatic rings. The van der Waals surface area contributed by atoms with Crippen molar-refractivity contribution in [1.29, 1.82) is 0 Å². The van der Waals surface area contributed by atoms with E-state index in [0.29, 0.717) is 13.0 Å². The van der Waals surface area contributed by atoms with Crippen LogP contribution >= 0.6 is 0 Å². The fourth-order valence-corrected chi connectivity index (χ4v) is 2.37. The third-order valence-electron chi connectivity index (χ3n) is 3.30. The van der Waals surface area contributed by atoms with Crippen molar-refractivity contribution in [3.8, 4) is 0 Å². The molecule has 2 rings (SSSR count). The molecule has 0 aliphatic carbocycles. The molecule has 5 heteroatoms. The highest BCUT2D eigenvalue weighted by Crippen LogP contribution is 2.21. The predicted octanol–water partition coefficient (Wildman–Crippen LogP) is 2.09. The van der Waals surface area contributed by atoms with Crippen molar-refractivity contribution in [3.05, 3.63) is 35.5 Å². The standard InChI is InChI=1S/C16H20N2O3/c1-4-21-16(20)15(18-11(3)19)8-12-9-17-14-7-10(2)5-6-13(12)14/h5-7,9,15,17H,4,8H2,1-3H3,(H,18,19)/t15-/m1/s1. The molecule has 0 bridgehead atoms. The Labute approximate surface area is 123 Å². The molecule has 0 aliphatic heterocycles. The van der Waals surface area contributed by atoms with Crippen LogP contribution in [0.5, 0.6) is 0 Å². The fraction of sp³-hybridized carbons (Fsp3) is 0.375. The van der Waals surface area contributed by atoms with Crippen molar-refractivity contribution in [2.45, 2.75) is 33.2 Å². The number of nitrogens with one attached hydrogen (secondary N) is 2. The third kappa shape index (κ3) is 3.62. The minimum absolute atomic E-state index is 0.247. The predicted molar refractivity (Wildman–Crippen MR) is 81.0 cm³/mol. The molecule has 1 heterocycles. The third-order valence-corrected chi connectivity index (χ3v) is 3.30. The summed E-state index contributed by atoms with van der Waals surface area (Å²) < 4.78 is 5.02. The van der Waals surface area contributed by atoms with Crippen LogP contribution in [0.15, 0.2) is 24.4 Å². The summed E-state index contributed by atoms with van der Waals surface area (Å²) in [6.07, 6.45) is 2.28. The molecule has 0 fully saturated rings. The molecule has 0 unspecified atom stereocenters. The van der Waals surface area contributed by atoms with Crippen molar-refractivity contribution in [3.63, 3.8) is 0 Å². The minimum atomic E-state index is -0.664. The summed E-state index contributed by atoms with van der Waals surface area (Å²) in [5, 5.41) is 3.71. The largest absolute Gasteiger partial charge is 0.464 e. The van der Waals surface area contributed by atoms with Crippen molar-refractivity contribution in [2.24, 2.45) is 0 Å². The highest BCUT2D eigenvalue weighted by molar-refractivity contribution is 5.87. The van der Waals surface area contributed by atoms with Gasteiger partial charge in [-0.3, -0.25) is 4.79 Å². The van der Waals surface area contributed by atoms with Crippen LogP contribution < -0.4 is 5.32 Å². The van der Waals surface area contributed by atoms with Crippen molar-refractivity contribution in [2.75, 3.05) is 6.61 Å². The molecule has 1 aromatic heterocycles. The maximum atomic E-state index is 11.9. The van der Waals surface area contributed by atoms with E-state index < -0.39 is 12.0 Å². The molecule has 112 valence electrons. The number of carbonyl (C=O) groups excluding carboxylic acids is 2. The number of amides is 1. The average molecular weight is 288 g/mol. The quantitative estimate of drug-likeness (QED) is 0.828. The summed E-state index contributed by atoms with van der Waals surface area (Å²) in [4.78, 5) is 26.4. The molecular formula is C16H20N2O3. The molecule has 0 spiro atoms. The van der Waals surface area contributed by atoms with E-state index in [9.17, 15) is 9.59 Å². The summed E-state index contributed by atoms with van der Waals surface area (Å²) in [5.74, 6) is -0.655. The van der Waals surface area contributed by atoms with Gasteiger partial charge in [0.1, 0.15) is 6.04 Å². The van der Waals surface area contributed by atoms with Crippen LogP contribution in [-0.2, 0) is 20.7 Å². The topological polar surface area (TPSA) is 71.2 Å². The second-order valence-corrected chi connectivity index (χ2v) is 5.07. The van der Waals surface area contributed by atoms with Gasteiger partial charge in [-0.05, 0) is 31.0 Å². The van der Waals surface area contributed by atoms with Crippen LogP contribution in [-0.4, -0.2) is 29.5 Å². The number of hydrogen-bond acceptors (Lipinski definition) is 3. The van der Waals surface area contributed by atoms with Gasteiger partial charge in [-0.1, -0.05) is 12.1 Å². The molecule has 0 radical (unpaired) electrons. The Morgan fingerprint density at radius 2 is 2.14 bits per heavy atom. The van der Waals surface area contributed by atoms with Gasteiger partial charge >= 0.3 is 5.97 Å². The van der Waals surface area contributed by atoms with E-state index in [4.69, 9.17) is 4.74 Å². The smallest absolute Gasteiger partial charge is 0.328 e. The molecule has 5 nitrogen and oxygen atoms in total. The Balaban J connectivity index is 2.25. The molecular weight excluding hydrogens is 268 g/mol. The fourth-order valence-electron chi connectivity index (χ4n) is 2.37. The number of aromatic amines is 1. The maximum Gasteiger partial charge on any atom is 0.328 e. The van der Waals surface area contributed by atoms with Crippen LogP contribution in [0.2, 0.25) is 0 Å². The van der Waals surface area contributed by atoms with Gasteiger partial charge in [0.15, 0.2) is 0 Å². The first-order valence-corrected chi connectivity index (χ1v) is 7.01. The Kier molecular flexibility index (Phi) is 4.62. The molecule has 2 N–H and O–H groups in total. The van der Waals surface area contributed by atoms with E-state index in [1.807, 2.05) is 25.3 Å². The number of hydrogen-bond donors (Lipinski definition) is 2. The average Bonchev–Trinajstić information content (AvgIpc) is 2.80. The van der Waals surface area contributed by atoms with Gasteiger partial charge in [-0.2, -0.15) is 0 Å². The number of ether oxygens (including phenoxy) is 1. The zero-order chi connectivity index (χ0) is 15.4. The number of benzene rings is 1. The first-order valence-electron chi connectivity index (χ1n) is 7.01. The molecule has 0 aliphatic rings. The monoisotopic (exact) mass is 288 g/mol. The summed E-state index contributed by atoms with van der Waals surface area (Å²) in [6, 6.07) is 5.43. The van der Waals surface area contributed by atoms with Crippen molar-refractivity contribution in [1.82, 2.24) is 10.3 Å². The van der Waals surface area contributed by atoms with E-state index in [-0.39, 0.29) is 5.91 Å². The number of aromatic nitrogens is 1. The molecule has 0 saturated carbocycles. The first-order chi connectivity index (χ1) is 10.0. The van der Waals surface area contributed by atoms with Crippen LogP contribution in [0, 0.1) is 6.92 Å². The number of fused-ring (bicyclic) bond motifs is 1. The zero-order valence-electron chi connectivity index (χ0n) is 12.5. The second kappa shape index (κ2) is 6.43. The van der Waals surface area contributed by atoms with E-state index in [0.717, 1.165) is 16.5 Å². The lowest BCUT2D eigenvalue weighted by atomic mass is 10.0. The molecule has 1 amide bonds. The Bertz CT molecular complexity index is 661. The van der Waals surface area contributed by atoms with Gasteiger partial charge in [-0.15, -0.1) is 0 Å². The van der Waals surface area contributed by atoms with Gasteiger partial charge in [0.25, 0.3) is 0 Å². The summed E-state index contributed by atoms with van der Waals surface area (Å²) >= 11 is 0. The highest BCUT2D eigenvalue weighted by atomic mass is 16.5. The van der Waals surface area contributed by atoms with Crippen molar-refractivity contribution < 1.29 is 14.3 Å². The number of aryl methyl sites for hydroxylation is 1. The maximum absolute atomic E-state index is 11.9. The Morgan fingerprint density at radius 1 is 1.38 bits per heavy atom. The van der Waals surface area contributed by atoms with Crippen LogP contribution in [0.3, 0.4) is 0 Å². The zero-order valence-corrected chi connectivity index (χ0v) is 12.5. The minimum Gasteiger partial charge on any atom is -0.464 e. The molecule has 0 saturated heterocycles. The summed E-state index contributed by atoms with van der Waals surface area (Å²) in [7, 11) is 0. The van der Waals surface area contributed by atoms with Crippen molar-refractivity contribution >= 4 is 22.8 Å².